The van der Waals surface area contributed by atoms with Gasteiger partial charge < -0.3 is 15.0 Å². The van der Waals surface area contributed by atoms with Gasteiger partial charge in [-0.15, -0.1) is 0 Å². The van der Waals surface area contributed by atoms with Crippen molar-refractivity contribution in [1.29, 1.82) is 0 Å². The molecule has 0 saturated heterocycles. The average molecular weight is 222 g/mol. The van der Waals surface area contributed by atoms with E-state index in [0.717, 1.165) is 26.1 Å². The summed E-state index contributed by atoms with van der Waals surface area (Å²) in [6.07, 6.45) is 1.08. The maximum absolute atomic E-state index is 5.06. The van der Waals surface area contributed by atoms with Gasteiger partial charge in [0.2, 0.25) is 0 Å². The molecule has 0 spiro atoms. The minimum Gasteiger partial charge on any atom is -0.383 e. The van der Waals surface area contributed by atoms with Crippen LogP contribution in [0, 0.1) is 0 Å². The fourth-order valence-electron chi connectivity index (χ4n) is 1.54. The summed E-state index contributed by atoms with van der Waals surface area (Å²) < 4.78 is 5.06. The van der Waals surface area contributed by atoms with E-state index in [1.54, 1.807) is 7.11 Å². The molecule has 1 aromatic rings. The second kappa shape index (κ2) is 7.25. The quantitative estimate of drug-likeness (QED) is 0.757. The number of ether oxygens (including phenoxy) is 1. The van der Waals surface area contributed by atoms with Gasteiger partial charge in [-0.1, -0.05) is 12.1 Å². The third-order valence-corrected chi connectivity index (χ3v) is 2.67. The van der Waals surface area contributed by atoms with Crippen LogP contribution in [0.1, 0.15) is 5.56 Å². The minimum absolute atomic E-state index is 0.762. The van der Waals surface area contributed by atoms with E-state index in [-0.39, 0.29) is 0 Å². The standard InChI is InChI=1S/C13H22N2O/c1-14-9-8-12-4-6-13(7-5-12)15(2)10-11-16-3/h4-7,14H,8-11H2,1-3H3. The smallest absolute Gasteiger partial charge is 0.0637 e. The molecule has 90 valence electrons. The summed E-state index contributed by atoms with van der Waals surface area (Å²) in [5, 5.41) is 3.15. The molecule has 0 radical (unpaired) electrons. The van der Waals surface area contributed by atoms with Crippen molar-refractivity contribution in [2.24, 2.45) is 0 Å². The Morgan fingerprint density at radius 3 is 2.50 bits per heavy atom. The largest absolute Gasteiger partial charge is 0.383 e. The Kier molecular flexibility index (Phi) is 5.90. The predicted octanol–water partition coefficient (Wildman–Crippen LogP) is 1.53. The minimum atomic E-state index is 0.762. The third kappa shape index (κ3) is 4.21. The molecular weight excluding hydrogens is 200 g/mol. The van der Waals surface area contributed by atoms with Crippen LogP contribution in [0.4, 0.5) is 5.69 Å². The second-order valence-electron chi connectivity index (χ2n) is 3.93. The van der Waals surface area contributed by atoms with Gasteiger partial charge >= 0.3 is 0 Å². The SMILES string of the molecule is CNCCc1ccc(N(C)CCOC)cc1. The summed E-state index contributed by atoms with van der Waals surface area (Å²) in [6.45, 7) is 2.71. The van der Waals surface area contributed by atoms with Crippen molar-refractivity contribution >= 4 is 5.69 Å². The first-order valence-corrected chi connectivity index (χ1v) is 5.71. The Balaban J connectivity index is 2.49. The van der Waals surface area contributed by atoms with Gasteiger partial charge in [-0.3, -0.25) is 0 Å². The monoisotopic (exact) mass is 222 g/mol. The molecule has 0 fully saturated rings. The van der Waals surface area contributed by atoms with E-state index < -0.39 is 0 Å². The Bertz CT molecular complexity index is 284. The van der Waals surface area contributed by atoms with Gasteiger partial charge in [0.25, 0.3) is 0 Å². The normalized spacial score (nSPS) is 10.4. The number of methoxy groups -OCH3 is 1. The van der Waals surface area contributed by atoms with Gasteiger partial charge in [-0.25, -0.2) is 0 Å². The maximum atomic E-state index is 5.06. The molecule has 0 bridgehead atoms. The Hall–Kier alpha value is -1.06. The first kappa shape index (κ1) is 13.0. The Labute approximate surface area is 98.4 Å². The van der Waals surface area contributed by atoms with Crippen LogP contribution in [0.2, 0.25) is 0 Å². The molecule has 1 N–H and O–H groups in total. The molecule has 1 rings (SSSR count). The van der Waals surface area contributed by atoms with Gasteiger partial charge in [-0.05, 0) is 37.7 Å². The van der Waals surface area contributed by atoms with Crippen LogP contribution < -0.4 is 10.2 Å². The maximum Gasteiger partial charge on any atom is 0.0637 e. The fraction of sp³-hybridized carbons (Fsp3) is 0.538. The summed E-state index contributed by atoms with van der Waals surface area (Å²) >= 11 is 0. The van der Waals surface area contributed by atoms with Crippen LogP contribution in [0.5, 0.6) is 0 Å². The first-order valence-electron chi connectivity index (χ1n) is 5.71. The first-order chi connectivity index (χ1) is 7.77. The summed E-state index contributed by atoms with van der Waals surface area (Å²) in [7, 11) is 5.79. The van der Waals surface area contributed by atoms with Crippen molar-refractivity contribution in [2.75, 3.05) is 45.8 Å². The Morgan fingerprint density at radius 2 is 1.94 bits per heavy atom. The number of rotatable bonds is 7. The molecule has 0 atom stereocenters. The number of benzene rings is 1. The summed E-state index contributed by atoms with van der Waals surface area (Å²) in [5.74, 6) is 0. The van der Waals surface area contributed by atoms with E-state index in [2.05, 4.69) is 41.5 Å². The van der Waals surface area contributed by atoms with Crippen LogP contribution >= 0.6 is 0 Å². The van der Waals surface area contributed by atoms with Gasteiger partial charge in [0.15, 0.2) is 0 Å². The lowest BCUT2D eigenvalue weighted by Gasteiger charge is -2.19. The average Bonchev–Trinajstić information content (AvgIpc) is 2.34. The van der Waals surface area contributed by atoms with Crippen molar-refractivity contribution < 1.29 is 4.74 Å². The van der Waals surface area contributed by atoms with Gasteiger partial charge in [0.1, 0.15) is 0 Å². The number of likely N-dealkylation sites (N-methyl/N-ethyl adjacent to an activating group) is 2. The highest BCUT2D eigenvalue weighted by Gasteiger charge is 2.00. The predicted molar refractivity (Wildman–Crippen MR) is 69.2 cm³/mol. The summed E-state index contributed by atoms with van der Waals surface area (Å²) in [4.78, 5) is 2.20. The molecule has 0 saturated carbocycles. The van der Waals surface area contributed by atoms with Crippen molar-refractivity contribution in [3.05, 3.63) is 29.8 Å². The lowest BCUT2D eigenvalue weighted by Crippen LogP contribution is -2.21. The van der Waals surface area contributed by atoms with Crippen LogP contribution in [-0.2, 0) is 11.2 Å². The van der Waals surface area contributed by atoms with Gasteiger partial charge in [0, 0.05) is 26.4 Å². The molecule has 0 heterocycles. The van der Waals surface area contributed by atoms with E-state index in [4.69, 9.17) is 4.74 Å². The highest BCUT2D eigenvalue weighted by atomic mass is 16.5. The molecule has 0 unspecified atom stereocenters. The van der Waals surface area contributed by atoms with Crippen LogP contribution in [0.25, 0.3) is 0 Å². The molecule has 0 aromatic heterocycles. The zero-order valence-electron chi connectivity index (χ0n) is 10.5. The van der Waals surface area contributed by atoms with Crippen molar-refractivity contribution in [3.63, 3.8) is 0 Å². The molecule has 3 heteroatoms. The fourth-order valence-corrected chi connectivity index (χ4v) is 1.54. The summed E-state index contributed by atoms with van der Waals surface area (Å²) in [5.41, 5.74) is 2.61. The number of hydrogen-bond acceptors (Lipinski definition) is 3. The lowest BCUT2D eigenvalue weighted by molar-refractivity contribution is 0.206. The topological polar surface area (TPSA) is 24.5 Å². The second-order valence-corrected chi connectivity index (χ2v) is 3.93. The van der Waals surface area contributed by atoms with Crippen molar-refractivity contribution in [3.8, 4) is 0 Å². The summed E-state index contributed by atoms with van der Waals surface area (Å²) in [6, 6.07) is 8.72. The highest BCUT2D eigenvalue weighted by molar-refractivity contribution is 5.46. The van der Waals surface area contributed by atoms with E-state index in [9.17, 15) is 0 Å². The van der Waals surface area contributed by atoms with Crippen LogP contribution in [-0.4, -0.2) is 40.9 Å². The zero-order valence-corrected chi connectivity index (χ0v) is 10.5. The molecule has 3 nitrogen and oxygen atoms in total. The number of nitrogens with zero attached hydrogens (tertiary/aromatic N) is 1. The molecule has 0 amide bonds. The molecule has 0 aliphatic heterocycles. The molecule has 1 aromatic carbocycles. The highest BCUT2D eigenvalue weighted by Crippen LogP contribution is 2.13. The number of hydrogen-bond donors (Lipinski definition) is 1. The van der Waals surface area contributed by atoms with Gasteiger partial charge in [-0.2, -0.15) is 0 Å². The van der Waals surface area contributed by atoms with Crippen LogP contribution in [0.15, 0.2) is 24.3 Å². The Morgan fingerprint density at radius 1 is 1.25 bits per heavy atom. The molecular formula is C13H22N2O. The van der Waals surface area contributed by atoms with Crippen molar-refractivity contribution in [1.82, 2.24) is 5.32 Å². The lowest BCUT2D eigenvalue weighted by atomic mass is 10.1. The van der Waals surface area contributed by atoms with E-state index in [1.165, 1.54) is 11.3 Å². The number of anilines is 1. The third-order valence-electron chi connectivity index (χ3n) is 2.67. The van der Waals surface area contributed by atoms with Crippen LogP contribution in [0.3, 0.4) is 0 Å². The van der Waals surface area contributed by atoms with E-state index in [1.807, 2.05) is 7.05 Å². The van der Waals surface area contributed by atoms with Crippen molar-refractivity contribution in [2.45, 2.75) is 6.42 Å². The molecule has 16 heavy (non-hydrogen) atoms. The molecule has 0 aliphatic rings. The van der Waals surface area contributed by atoms with E-state index >= 15 is 0 Å². The van der Waals surface area contributed by atoms with E-state index in [0.29, 0.717) is 0 Å². The zero-order chi connectivity index (χ0) is 11.8. The van der Waals surface area contributed by atoms with Gasteiger partial charge in [0.05, 0.1) is 6.61 Å². The number of nitrogens with one attached hydrogen (secondary N) is 1. The molecule has 0 aliphatic carbocycles.